The van der Waals surface area contributed by atoms with E-state index in [1.807, 2.05) is 26.0 Å². The number of ether oxygens (including phenoxy) is 1. The van der Waals surface area contributed by atoms with E-state index in [0.29, 0.717) is 27.0 Å². The van der Waals surface area contributed by atoms with Crippen LogP contribution in [0.2, 0.25) is 0 Å². The van der Waals surface area contributed by atoms with Gasteiger partial charge in [-0.2, -0.15) is 4.99 Å². The van der Waals surface area contributed by atoms with Crippen LogP contribution >= 0.6 is 11.3 Å². The zero-order chi connectivity index (χ0) is 19.6. The maximum atomic E-state index is 13.7. The molecule has 0 N–H and O–H groups in total. The van der Waals surface area contributed by atoms with Crippen molar-refractivity contribution in [2.24, 2.45) is 4.99 Å². The molecular weight excluding hydrogens is 367 g/mol. The summed E-state index contributed by atoms with van der Waals surface area (Å²) in [6.07, 6.45) is 0.446. The van der Waals surface area contributed by atoms with Crippen LogP contribution in [0.25, 0.3) is 10.2 Å². The van der Waals surface area contributed by atoms with E-state index in [4.69, 9.17) is 4.74 Å². The number of hydrogen-bond acceptors (Lipinski definition) is 4. The van der Waals surface area contributed by atoms with Crippen molar-refractivity contribution in [1.82, 2.24) is 4.57 Å². The number of carbonyl (C=O) groups excluding carboxylic acids is 2. The molecule has 1 unspecified atom stereocenters. The first-order valence-electron chi connectivity index (χ1n) is 8.48. The fourth-order valence-electron chi connectivity index (χ4n) is 2.84. The zero-order valence-corrected chi connectivity index (χ0v) is 16.0. The van der Waals surface area contributed by atoms with E-state index in [1.165, 1.54) is 19.2 Å². The lowest BCUT2D eigenvalue weighted by Gasteiger charge is -2.15. The number of benzene rings is 2. The standard InChI is InChI=1S/C20H19FN2O3S/c1-4-15(19(25)26-3)23-16-10-9-14(21)11-17(16)27-20(23)22-18(24)13-7-5-12(2)6-8-13/h5-11,15H,4H2,1-3H3. The predicted octanol–water partition coefficient (Wildman–Crippen LogP) is 4.02. The van der Waals surface area contributed by atoms with Gasteiger partial charge in [-0.1, -0.05) is 36.0 Å². The second-order valence-electron chi connectivity index (χ2n) is 6.10. The van der Waals surface area contributed by atoms with Gasteiger partial charge in [0.15, 0.2) is 4.80 Å². The van der Waals surface area contributed by atoms with Gasteiger partial charge in [0.05, 0.1) is 17.3 Å². The number of carbonyl (C=O) groups is 2. The van der Waals surface area contributed by atoms with Crippen molar-refractivity contribution in [2.75, 3.05) is 7.11 Å². The molecule has 1 heterocycles. The number of aromatic nitrogens is 1. The summed E-state index contributed by atoms with van der Waals surface area (Å²) >= 11 is 1.16. The van der Waals surface area contributed by atoms with Gasteiger partial charge >= 0.3 is 5.97 Å². The SMILES string of the molecule is CCC(C(=O)OC)n1c(=NC(=O)c2ccc(C)cc2)sc2cc(F)ccc21. The minimum absolute atomic E-state index is 0.332. The number of amides is 1. The summed E-state index contributed by atoms with van der Waals surface area (Å²) in [5.74, 6) is -1.25. The van der Waals surface area contributed by atoms with E-state index in [9.17, 15) is 14.0 Å². The number of hydrogen-bond donors (Lipinski definition) is 0. The van der Waals surface area contributed by atoms with Crippen LogP contribution in [0.3, 0.4) is 0 Å². The van der Waals surface area contributed by atoms with Crippen LogP contribution in [0, 0.1) is 12.7 Å². The third kappa shape index (κ3) is 3.83. The van der Waals surface area contributed by atoms with Crippen LogP contribution in [-0.2, 0) is 9.53 Å². The fraction of sp³-hybridized carbons (Fsp3) is 0.250. The Bertz CT molecular complexity index is 1070. The highest BCUT2D eigenvalue weighted by atomic mass is 32.1. The van der Waals surface area contributed by atoms with Gasteiger partial charge in [-0.25, -0.2) is 9.18 Å². The maximum absolute atomic E-state index is 13.7. The van der Waals surface area contributed by atoms with Gasteiger partial charge in [0.25, 0.3) is 5.91 Å². The highest BCUT2D eigenvalue weighted by Crippen LogP contribution is 2.24. The van der Waals surface area contributed by atoms with Crippen molar-refractivity contribution in [3.63, 3.8) is 0 Å². The summed E-state index contributed by atoms with van der Waals surface area (Å²) in [7, 11) is 1.31. The Hall–Kier alpha value is -2.80. The van der Waals surface area contributed by atoms with Gasteiger partial charge in [-0.15, -0.1) is 0 Å². The first-order valence-corrected chi connectivity index (χ1v) is 9.30. The lowest BCUT2D eigenvalue weighted by Crippen LogP contribution is -2.28. The van der Waals surface area contributed by atoms with Crippen LogP contribution in [-0.4, -0.2) is 23.6 Å². The van der Waals surface area contributed by atoms with Gasteiger partial charge in [-0.3, -0.25) is 4.79 Å². The molecule has 1 amide bonds. The van der Waals surface area contributed by atoms with Gasteiger partial charge in [0.2, 0.25) is 0 Å². The Morgan fingerprint density at radius 3 is 2.56 bits per heavy atom. The summed E-state index contributed by atoms with van der Waals surface area (Å²) in [5, 5.41) is 0. The van der Waals surface area contributed by atoms with Crippen molar-refractivity contribution >= 4 is 33.4 Å². The van der Waals surface area contributed by atoms with Crippen LogP contribution < -0.4 is 4.80 Å². The van der Waals surface area contributed by atoms with Crippen LogP contribution in [0.4, 0.5) is 4.39 Å². The molecule has 1 aromatic heterocycles. The van der Waals surface area contributed by atoms with Crippen molar-refractivity contribution in [2.45, 2.75) is 26.3 Å². The summed E-state index contributed by atoms with van der Waals surface area (Å²) in [4.78, 5) is 29.4. The first-order chi connectivity index (χ1) is 12.9. The molecule has 3 rings (SSSR count). The smallest absolute Gasteiger partial charge is 0.328 e. The number of nitrogens with zero attached hydrogens (tertiary/aromatic N) is 2. The first kappa shape index (κ1) is 19.0. The average Bonchev–Trinajstić information content (AvgIpc) is 2.99. The Morgan fingerprint density at radius 2 is 1.93 bits per heavy atom. The fourth-order valence-corrected chi connectivity index (χ4v) is 3.93. The van der Waals surface area contributed by atoms with Gasteiger partial charge in [0, 0.05) is 5.56 Å². The third-order valence-corrected chi connectivity index (χ3v) is 5.27. The highest BCUT2D eigenvalue weighted by Gasteiger charge is 2.23. The Morgan fingerprint density at radius 1 is 1.22 bits per heavy atom. The Labute approximate surface area is 159 Å². The molecule has 3 aromatic rings. The Balaban J connectivity index is 2.21. The number of rotatable bonds is 4. The van der Waals surface area contributed by atoms with E-state index in [-0.39, 0.29) is 0 Å². The highest BCUT2D eigenvalue weighted by molar-refractivity contribution is 7.16. The molecule has 0 saturated carbocycles. The van der Waals surface area contributed by atoms with E-state index in [0.717, 1.165) is 16.9 Å². The molecule has 5 nitrogen and oxygen atoms in total. The van der Waals surface area contributed by atoms with E-state index >= 15 is 0 Å². The topological polar surface area (TPSA) is 60.7 Å². The lowest BCUT2D eigenvalue weighted by molar-refractivity contribution is -0.144. The number of halogens is 1. The Kier molecular flexibility index (Phi) is 5.51. The van der Waals surface area contributed by atoms with Crippen LogP contribution in [0.15, 0.2) is 47.5 Å². The van der Waals surface area contributed by atoms with Gasteiger partial charge in [0.1, 0.15) is 11.9 Å². The minimum Gasteiger partial charge on any atom is -0.467 e. The molecule has 0 bridgehead atoms. The summed E-state index contributed by atoms with van der Waals surface area (Å²) in [5.41, 5.74) is 2.12. The van der Waals surface area contributed by atoms with E-state index < -0.39 is 23.7 Å². The van der Waals surface area contributed by atoms with Crippen LogP contribution in [0.5, 0.6) is 0 Å². The number of esters is 1. The number of aryl methyl sites for hydroxylation is 1. The van der Waals surface area contributed by atoms with Crippen molar-refractivity contribution in [3.05, 3.63) is 64.2 Å². The second kappa shape index (κ2) is 7.84. The largest absolute Gasteiger partial charge is 0.467 e. The third-order valence-electron chi connectivity index (χ3n) is 4.26. The zero-order valence-electron chi connectivity index (χ0n) is 15.2. The van der Waals surface area contributed by atoms with E-state index in [2.05, 4.69) is 4.99 Å². The minimum atomic E-state index is -0.654. The summed E-state index contributed by atoms with van der Waals surface area (Å²) in [6.45, 7) is 3.77. The molecule has 0 spiro atoms. The molecule has 0 fully saturated rings. The van der Waals surface area contributed by atoms with Crippen molar-refractivity contribution in [3.8, 4) is 0 Å². The van der Waals surface area contributed by atoms with Gasteiger partial charge < -0.3 is 9.30 Å². The molecule has 0 radical (unpaired) electrons. The number of thiazole rings is 1. The van der Waals surface area contributed by atoms with Crippen LogP contribution in [0.1, 0.15) is 35.3 Å². The molecule has 1 atom stereocenters. The second-order valence-corrected chi connectivity index (χ2v) is 7.11. The molecule has 0 saturated heterocycles. The molecule has 0 aliphatic carbocycles. The molecule has 7 heteroatoms. The molecule has 27 heavy (non-hydrogen) atoms. The lowest BCUT2D eigenvalue weighted by atomic mass is 10.1. The molecular formula is C20H19FN2O3S. The number of methoxy groups -OCH3 is 1. The maximum Gasteiger partial charge on any atom is 0.328 e. The summed E-state index contributed by atoms with van der Waals surface area (Å²) in [6, 6.07) is 10.7. The van der Waals surface area contributed by atoms with Crippen molar-refractivity contribution < 1.29 is 18.7 Å². The predicted molar refractivity (Wildman–Crippen MR) is 102 cm³/mol. The average molecular weight is 386 g/mol. The van der Waals surface area contributed by atoms with Gasteiger partial charge in [-0.05, 0) is 43.7 Å². The number of fused-ring (bicyclic) bond motifs is 1. The normalized spacial score (nSPS) is 13.0. The quantitative estimate of drug-likeness (QED) is 0.637. The molecule has 0 aliphatic heterocycles. The molecule has 2 aromatic carbocycles. The molecule has 0 aliphatic rings. The van der Waals surface area contributed by atoms with E-state index in [1.54, 1.807) is 22.8 Å². The monoisotopic (exact) mass is 386 g/mol. The molecule has 140 valence electrons. The summed E-state index contributed by atoms with van der Waals surface area (Å²) < 4.78 is 20.8. The van der Waals surface area contributed by atoms with Crippen molar-refractivity contribution in [1.29, 1.82) is 0 Å².